The third-order valence-electron chi connectivity index (χ3n) is 9.22. The highest BCUT2D eigenvalue weighted by Gasteiger charge is 2.50. The van der Waals surface area contributed by atoms with E-state index in [-0.39, 0.29) is 18.0 Å². The van der Waals surface area contributed by atoms with E-state index in [9.17, 15) is 9.18 Å². The van der Waals surface area contributed by atoms with Gasteiger partial charge in [-0.15, -0.1) is 0 Å². The Balaban J connectivity index is 1.29. The van der Waals surface area contributed by atoms with E-state index < -0.39 is 11.2 Å². The molecule has 0 radical (unpaired) electrons. The number of fused-ring (bicyclic) bond motifs is 2. The molecule has 2 aliphatic heterocycles. The lowest BCUT2D eigenvalue weighted by atomic mass is 9.83. The number of imidazole rings is 1. The van der Waals surface area contributed by atoms with Crippen LogP contribution in [-0.2, 0) is 10.2 Å². The Hall–Kier alpha value is -3.85. The summed E-state index contributed by atoms with van der Waals surface area (Å²) in [5.41, 5.74) is 4.94. The highest BCUT2D eigenvalue weighted by Crippen LogP contribution is 2.48. The Labute approximate surface area is 239 Å². The lowest BCUT2D eigenvalue weighted by Crippen LogP contribution is -2.55. The summed E-state index contributed by atoms with van der Waals surface area (Å²) < 4.78 is 16.6. The fourth-order valence-corrected chi connectivity index (χ4v) is 6.77. The Kier molecular flexibility index (Phi) is 6.12. The van der Waals surface area contributed by atoms with Crippen molar-refractivity contribution in [1.29, 1.82) is 0 Å². The van der Waals surface area contributed by atoms with E-state index in [0.29, 0.717) is 23.2 Å². The summed E-state index contributed by atoms with van der Waals surface area (Å²) in [5.74, 6) is 0.240. The van der Waals surface area contributed by atoms with Gasteiger partial charge in [0, 0.05) is 35.6 Å². The molecule has 0 bridgehead atoms. The lowest BCUT2D eigenvalue weighted by molar-refractivity contribution is -0.123. The summed E-state index contributed by atoms with van der Waals surface area (Å²) in [6, 6.07) is 10.7. The third-order valence-corrected chi connectivity index (χ3v) is 9.22. The largest absolute Gasteiger partial charge is 0.336 e. The van der Waals surface area contributed by atoms with Crippen LogP contribution in [0.4, 0.5) is 21.6 Å². The molecule has 3 aromatic heterocycles. The zero-order valence-electron chi connectivity index (χ0n) is 24.1. The number of benzene rings is 1. The molecule has 1 saturated heterocycles. The molecule has 212 valence electrons. The minimum absolute atomic E-state index is 0.143. The highest BCUT2D eigenvalue weighted by atomic mass is 19.1. The van der Waals surface area contributed by atoms with Crippen LogP contribution in [0.15, 0.2) is 49.1 Å². The number of nitrogens with zero attached hydrogens (tertiary/aromatic N) is 6. The second-order valence-corrected chi connectivity index (χ2v) is 12.5. The predicted octanol–water partition coefficient (Wildman–Crippen LogP) is 6.21. The number of nitrogens with one attached hydrogen (secondary N) is 1. The van der Waals surface area contributed by atoms with Crippen molar-refractivity contribution in [2.45, 2.75) is 76.9 Å². The zero-order valence-corrected chi connectivity index (χ0v) is 24.1. The number of carbonyl (C=O) groups is 1. The van der Waals surface area contributed by atoms with Crippen molar-refractivity contribution in [2.75, 3.05) is 23.3 Å². The van der Waals surface area contributed by atoms with Crippen LogP contribution in [0, 0.1) is 5.82 Å². The lowest BCUT2D eigenvalue weighted by Gasteiger charge is -2.45. The van der Waals surface area contributed by atoms with Gasteiger partial charge in [-0.25, -0.2) is 14.4 Å². The van der Waals surface area contributed by atoms with E-state index in [1.165, 1.54) is 32.1 Å². The number of anilines is 3. The van der Waals surface area contributed by atoms with Crippen LogP contribution in [0.25, 0.3) is 22.3 Å². The monoisotopic (exact) mass is 553 g/mol. The third kappa shape index (κ3) is 4.20. The molecule has 0 unspecified atom stereocenters. The van der Waals surface area contributed by atoms with Crippen LogP contribution in [0.3, 0.4) is 0 Å². The number of pyridine rings is 2. The Morgan fingerprint density at radius 1 is 1.07 bits per heavy atom. The van der Waals surface area contributed by atoms with Gasteiger partial charge < -0.3 is 19.7 Å². The molecule has 41 heavy (non-hydrogen) atoms. The first-order valence-corrected chi connectivity index (χ1v) is 14.7. The number of rotatable bonds is 6. The minimum Gasteiger partial charge on any atom is -0.336 e. The van der Waals surface area contributed by atoms with Crippen molar-refractivity contribution < 1.29 is 9.18 Å². The van der Waals surface area contributed by atoms with Crippen molar-refractivity contribution in [3.8, 4) is 11.3 Å². The van der Waals surface area contributed by atoms with Gasteiger partial charge >= 0.3 is 0 Å². The standard InChI is InChI=1S/C32H36FN7O/c1-19(2)39-18-35-27-16-26(37-30(29(27)39)36-25-9-10-34-17-24(25)33)20-7-8-23-28(13-20)40(31(41)32(23,3)4)22-14-21(15-22)38-11-5-6-12-38/h7-10,13,16-19,21-22H,5-6,11-12,14-15H2,1-4H3,(H,34,36,37)/t21-,22+. The van der Waals surface area contributed by atoms with Gasteiger partial charge in [0.2, 0.25) is 5.91 Å². The van der Waals surface area contributed by atoms with E-state index in [4.69, 9.17) is 4.98 Å². The molecule has 1 amide bonds. The average molecular weight is 554 g/mol. The first kappa shape index (κ1) is 26.1. The molecule has 1 aromatic carbocycles. The number of likely N-dealkylation sites (tertiary alicyclic amines) is 1. The molecule has 0 atom stereocenters. The van der Waals surface area contributed by atoms with Crippen LogP contribution < -0.4 is 10.2 Å². The van der Waals surface area contributed by atoms with Crippen molar-refractivity contribution >= 4 is 34.1 Å². The molecule has 3 aliphatic rings. The first-order valence-electron chi connectivity index (χ1n) is 14.7. The molecule has 1 N–H and O–H groups in total. The Morgan fingerprint density at radius 2 is 1.85 bits per heavy atom. The van der Waals surface area contributed by atoms with E-state index in [2.05, 4.69) is 51.1 Å². The number of hydrogen-bond donors (Lipinski definition) is 1. The molecule has 0 spiro atoms. The van der Waals surface area contributed by atoms with Crippen molar-refractivity contribution in [2.24, 2.45) is 0 Å². The van der Waals surface area contributed by atoms with Gasteiger partial charge in [0.05, 0.1) is 34.8 Å². The zero-order chi connectivity index (χ0) is 28.5. The summed E-state index contributed by atoms with van der Waals surface area (Å²) in [7, 11) is 0. The molecule has 1 aliphatic carbocycles. The van der Waals surface area contributed by atoms with Crippen LogP contribution >= 0.6 is 0 Å². The van der Waals surface area contributed by atoms with Crippen LogP contribution in [0.5, 0.6) is 0 Å². The molecule has 1 saturated carbocycles. The van der Waals surface area contributed by atoms with Gasteiger partial charge in [0.1, 0.15) is 5.52 Å². The van der Waals surface area contributed by atoms with Crippen molar-refractivity contribution in [3.63, 3.8) is 0 Å². The normalized spacial score (nSPS) is 22.0. The molecule has 9 heteroatoms. The van der Waals surface area contributed by atoms with E-state index >= 15 is 0 Å². The summed E-state index contributed by atoms with van der Waals surface area (Å²) in [5, 5.41) is 3.20. The number of halogens is 1. The SMILES string of the molecule is CC(C)n1cnc2cc(-c3ccc4c(c3)N([C@H]3C[C@@H](N5CCCC5)C3)C(=O)C4(C)C)nc(Nc3ccncc3F)c21. The smallest absolute Gasteiger partial charge is 0.237 e. The molecule has 8 nitrogen and oxygen atoms in total. The van der Waals surface area contributed by atoms with Gasteiger partial charge in [-0.2, -0.15) is 0 Å². The Bertz CT molecular complexity index is 1650. The van der Waals surface area contributed by atoms with Gasteiger partial charge in [0.15, 0.2) is 11.6 Å². The van der Waals surface area contributed by atoms with Gasteiger partial charge in [-0.05, 0) is 90.2 Å². The van der Waals surface area contributed by atoms with E-state index in [1.807, 2.05) is 30.5 Å². The first-order chi connectivity index (χ1) is 19.7. The average Bonchev–Trinajstić information content (AvgIpc) is 3.65. The fraction of sp³-hybridized carbons (Fsp3) is 0.438. The molecular formula is C32H36FN7O. The summed E-state index contributed by atoms with van der Waals surface area (Å²) in [4.78, 5) is 32.0. The van der Waals surface area contributed by atoms with Gasteiger partial charge in [-0.3, -0.25) is 9.78 Å². The van der Waals surface area contributed by atoms with Crippen LogP contribution in [0.1, 0.15) is 65.0 Å². The highest BCUT2D eigenvalue weighted by molar-refractivity contribution is 6.08. The second kappa shape index (κ2) is 9.62. The molecule has 4 aromatic rings. The number of amides is 1. The summed E-state index contributed by atoms with van der Waals surface area (Å²) >= 11 is 0. The molecule has 5 heterocycles. The predicted molar refractivity (Wildman–Crippen MR) is 159 cm³/mol. The quantitative estimate of drug-likeness (QED) is 0.306. The maximum atomic E-state index is 14.6. The van der Waals surface area contributed by atoms with E-state index in [0.717, 1.165) is 40.7 Å². The maximum Gasteiger partial charge on any atom is 0.237 e. The molecule has 7 rings (SSSR count). The van der Waals surface area contributed by atoms with Crippen LogP contribution in [0.2, 0.25) is 0 Å². The number of carbonyl (C=O) groups excluding carboxylic acids is 1. The second-order valence-electron chi connectivity index (χ2n) is 12.5. The molecular weight excluding hydrogens is 517 g/mol. The molecule has 2 fully saturated rings. The minimum atomic E-state index is -0.578. The summed E-state index contributed by atoms with van der Waals surface area (Å²) in [6.45, 7) is 10.6. The van der Waals surface area contributed by atoms with Crippen molar-refractivity contribution in [3.05, 3.63) is 60.4 Å². The number of aromatic nitrogens is 4. The Morgan fingerprint density at radius 3 is 2.59 bits per heavy atom. The van der Waals surface area contributed by atoms with Gasteiger partial charge in [0.25, 0.3) is 0 Å². The van der Waals surface area contributed by atoms with Crippen LogP contribution in [-0.4, -0.2) is 55.5 Å². The van der Waals surface area contributed by atoms with E-state index in [1.54, 1.807) is 18.6 Å². The topological polar surface area (TPSA) is 79.2 Å². The van der Waals surface area contributed by atoms with Gasteiger partial charge in [-0.1, -0.05) is 12.1 Å². The van der Waals surface area contributed by atoms with Crippen molar-refractivity contribution in [1.82, 2.24) is 24.4 Å². The fourth-order valence-electron chi connectivity index (χ4n) is 6.77. The summed E-state index contributed by atoms with van der Waals surface area (Å²) in [6.07, 6.45) is 9.14. The number of hydrogen-bond acceptors (Lipinski definition) is 6. The maximum absolute atomic E-state index is 14.6.